The highest BCUT2D eigenvalue weighted by molar-refractivity contribution is 6.28. The van der Waals surface area contributed by atoms with Crippen molar-refractivity contribution in [2.24, 2.45) is 5.92 Å². The summed E-state index contributed by atoms with van der Waals surface area (Å²) >= 11 is 0. The van der Waals surface area contributed by atoms with Crippen LogP contribution in [0.3, 0.4) is 0 Å². The summed E-state index contributed by atoms with van der Waals surface area (Å²) < 4.78 is 10.5. The second kappa shape index (κ2) is 4.67. The largest absolute Gasteiger partial charge is 0.454 e. The van der Waals surface area contributed by atoms with E-state index < -0.39 is 0 Å². The number of allylic oxidation sites excluding steroid dienone is 1. The number of benzene rings is 1. The second-order valence-electron chi connectivity index (χ2n) is 5.18. The molecule has 3 rings (SSSR count). The highest BCUT2D eigenvalue weighted by atomic mass is 16.7. The lowest BCUT2D eigenvalue weighted by Crippen LogP contribution is -2.28. The summed E-state index contributed by atoms with van der Waals surface area (Å²) in [6.07, 6.45) is 2.00. The van der Waals surface area contributed by atoms with Crippen molar-refractivity contribution in [2.45, 2.75) is 20.3 Å². The van der Waals surface area contributed by atoms with E-state index in [1.807, 2.05) is 19.9 Å². The molecule has 0 bridgehead atoms. The van der Waals surface area contributed by atoms with Crippen LogP contribution in [0, 0.1) is 5.92 Å². The van der Waals surface area contributed by atoms with E-state index in [1.54, 1.807) is 18.2 Å². The fourth-order valence-corrected chi connectivity index (χ4v) is 2.39. The SMILES string of the molecule is CC(C)/C=C1/CC(=O)N(c2ccc3c(c2)OCO3)C1=O. The van der Waals surface area contributed by atoms with Crippen molar-refractivity contribution in [1.82, 2.24) is 0 Å². The van der Waals surface area contributed by atoms with Crippen molar-refractivity contribution >= 4 is 17.5 Å². The molecule has 1 aromatic carbocycles. The van der Waals surface area contributed by atoms with Crippen LogP contribution in [-0.2, 0) is 9.59 Å². The normalized spacial score (nSPS) is 19.6. The maximum Gasteiger partial charge on any atom is 0.261 e. The molecular formula is C15H15NO4. The minimum absolute atomic E-state index is 0.158. The minimum atomic E-state index is -0.248. The Morgan fingerprint density at radius 2 is 1.95 bits per heavy atom. The van der Waals surface area contributed by atoms with Gasteiger partial charge in [0.05, 0.1) is 12.1 Å². The van der Waals surface area contributed by atoms with Gasteiger partial charge in [0.2, 0.25) is 12.7 Å². The van der Waals surface area contributed by atoms with Gasteiger partial charge in [-0.1, -0.05) is 19.9 Å². The summed E-state index contributed by atoms with van der Waals surface area (Å²) in [7, 11) is 0. The lowest BCUT2D eigenvalue weighted by Gasteiger charge is -2.14. The molecule has 5 heteroatoms. The van der Waals surface area contributed by atoms with Crippen LogP contribution in [0.2, 0.25) is 0 Å². The van der Waals surface area contributed by atoms with Gasteiger partial charge in [-0.15, -0.1) is 0 Å². The molecule has 5 nitrogen and oxygen atoms in total. The van der Waals surface area contributed by atoms with Gasteiger partial charge in [0, 0.05) is 11.6 Å². The number of hydrogen-bond acceptors (Lipinski definition) is 4. The van der Waals surface area contributed by atoms with E-state index in [1.165, 1.54) is 4.90 Å². The Balaban J connectivity index is 1.94. The van der Waals surface area contributed by atoms with Crippen LogP contribution in [0.5, 0.6) is 11.5 Å². The lowest BCUT2D eigenvalue weighted by atomic mass is 10.1. The minimum Gasteiger partial charge on any atom is -0.454 e. The summed E-state index contributed by atoms with van der Waals surface area (Å²) in [5, 5.41) is 0. The number of fused-ring (bicyclic) bond motifs is 1. The Bertz CT molecular complexity index is 618. The van der Waals surface area contributed by atoms with Gasteiger partial charge < -0.3 is 9.47 Å². The zero-order valence-electron chi connectivity index (χ0n) is 11.4. The summed E-state index contributed by atoms with van der Waals surface area (Å²) in [5.74, 6) is 0.969. The number of carbonyl (C=O) groups is 2. The summed E-state index contributed by atoms with van der Waals surface area (Å²) in [6, 6.07) is 5.07. The van der Waals surface area contributed by atoms with Crippen molar-refractivity contribution in [3.05, 3.63) is 29.8 Å². The fourth-order valence-electron chi connectivity index (χ4n) is 2.39. The van der Waals surface area contributed by atoms with E-state index in [-0.39, 0.29) is 30.9 Å². The average molecular weight is 273 g/mol. The predicted molar refractivity (Wildman–Crippen MR) is 72.6 cm³/mol. The number of anilines is 1. The Morgan fingerprint density at radius 3 is 2.70 bits per heavy atom. The number of hydrogen-bond donors (Lipinski definition) is 0. The smallest absolute Gasteiger partial charge is 0.261 e. The standard InChI is InChI=1S/C15H15NO4/c1-9(2)5-10-6-14(17)16(15(10)18)11-3-4-12-13(7-11)20-8-19-12/h3-5,7,9H,6,8H2,1-2H3/b10-5-. The van der Waals surface area contributed by atoms with E-state index in [2.05, 4.69) is 0 Å². The third-order valence-corrected chi connectivity index (χ3v) is 3.22. The van der Waals surface area contributed by atoms with E-state index >= 15 is 0 Å². The molecule has 2 aliphatic heterocycles. The molecule has 0 spiro atoms. The second-order valence-corrected chi connectivity index (χ2v) is 5.18. The molecule has 1 fully saturated rings. The van der Waals surface area contributed by atoms with E-state index in [9.17, 15) is 9.59 Å². The molecule has 0 atom stereocenters. The highest BCUT2D eigenvalue weighted by Gasteiger charge is 2.35. The molecule has 1 saturated heterocycles. The Labute approximate surface area is 116 Å². The average Bonchev–Trinajstić information content (AvgIpc) is 2.94. The quantitative estimate of drug-likeness (QED) is 0.612. The first-order valence-electron chi connectivity index (χ1n) is 6.54. The van der Waals surface area contributed by atoms with Gasteiger partial charge in [0.25, 0.3) is 5.91 Å². The summed E-state index contributed by atoms with van der Waals surface area (Å²) in [5.41, 5.74) is 1.08. The van der Waals surface area contributed by atoms with Gasteiger partial charge in [-0.05, 0) is 18.1 Å². The maximum absolute atomic E-state index is 12.3. The molecule has 0 N–H and O–H groups in total. The molecular weight excluding hydrogens is 258 g/mol. The topological polar surface area (TPSA) is 55.8 Å². The van der Waals surface area contributed by atoms with Crippen molar-refractivity contribution in [3.63, 3.8) is 0 Å². The summed E-state index contributed by atoms with van der Waals surface area (Å²) in [4.78, 5) is 25.6. The number of ether oxygens (including phenoxy) is 2. The molecule has 104 valence electrons. The van der Waals surface area contributed by atoms with Crippen LogP contribution in [0.25, 0.3) is 0 Å². The number of carbonyl (C=O) groups excluding carboxylic acids is 2. The van der Waals surface area contributed by atoms with Crippen LogP contribution in [0.1, 0.15) is 20.3 Å². The first-order chi connectivity index (χ1) is 9.56. The first-order valence-corrected chi connectivity index (χ1v) is 6.54. The van der Waals surface area contributed by atoms with Gasteiger partial charge >= 0.3 is 0 Å². The molecule has 0 aliphatic carbocycles. The van der Waals surface area contributed by atoms with Gasteiger partial charge in [-0.2, -0.15) is 0 Å². The first kappa shape index (κ1) is 12.7. The zero-order valence-corrected chi connectivity index (χ0v) is 11.4. The molecule has 0 aromatic heterocycles. The number of nitrogens with zero attached hydrogens (tertiary/aromatic N) is 1. The van der Waals surface area contributed by atoms with Crippen molar-refractivity contribution in [1.29, 1.82) is 0 Å². The zero-order chi connectivity index (χ0) is 14.3. The third kappa shape index (κ3) is 2.05. The van der Waals surface area contributed by atoms with Gasteiger partial charge in [-0.25, -0.2) is 4.90 Å². The molecule has 2 amide bonds. The van der Waals surface area contributed by atoms with Crippen LogP contribution < -0.4 is 14.4 Å². The van der Waals surface area contributed by atoms with Crippen molar-refractivity contribution in [2.75, 3.05) is 11.7 Å². The number of imide groups is 1. The monoisotopic (exact) mass is 273 g/mol. The van der Waals surface area contributed by atoms with Gasteiger partial charge in [0.1, 0.15) is 0 Å². The van der Waals surface area contributed by atoms with Crippen LogP contribution in [0.15, 0.2) is 29.8 Å². The maximum atomic E-state index is 12.3. The number of rotatable bonds is 2. The molecule has 20 heavy (non-hydrogen) atoms. The van der Waals surface area contributed by atoms with Gasteiger partial charge in [-0.3, -0.25) is 9.59 Å². The molecule has 2 heterocycles. The third-order valence-electron chi connectivity index (χ3n) is 3.22. The van der Waals surface area contributed by atoms with Crippen LogP contribution >= 0.6 is 0 Å². The van der Waals surface area contributed by atoms with E-state index in [4.69, 9.17) is 9.47 Å². The van der Waals surface area contributed by atoms with Crippen LogP contribution in [0.4, 0.5) is 5.69 Å². The van der Waals surface area contributed by atoms with Gasteiger partial charge in [0.15, 0.2) is 11.5 Å². The predicted octanol–water partition coefficient (Wildman–Crippen LogP) is 2.26. The highest BCUT2D eigenvalue weighted by Crippen LogP contribution is 2.37. The molecule has 0 radical (unpaired) electrons. The lowest BCUT2D eigenvalue weighted by molar-refractivity contribution is -0.120. The summed E-state index contributed by atoms with van der Waals surface area (Å²) in [6.45, 7) is 4.13. The molecule has 2 aliphatic rings. The Morgan fingerprint density at radius 1 is 1.20 bits per heavy atom. The molecule has 1 aromatic rings. The number of amides is 2. The molecule has 0 saturated carbocycles. The Kier molecular flexibility index (Phi) is 2.97. The van der Waals surface area contributed by atoms with E-state index in [0.717, 1.165) is 0 Å². The van der Waals surface area contributed by atoms with Crippen molar-refractivity contribution in [3.8, 4) is 11.5 Å². The fraction of sp³-hybridized carbons (Fsp3) is 0.333. The van der Waals surface area contributed by atoms with E-state index in [0.29, 0.717) is 22.8 Å². The van der Waals surface area contributed by atoms with Crippen molar-refractivity contribution < 1.29 is 19.1 Å². The molecule has 0 unspecified atom stereocenters. The van der Waals surface area contributed by atoms with Crippen LogP contribution in [-0.4, -0.2) is 18.6 Å². The Hall–Kier alpha value is -2.30.